The molecular formula is C10H14N4OS. The van der Waals surface area contributed by atoms with Crippen LogP contribution in [0.2, 0.25) is 0 Å². The molecule has 2 rings (SSSR count). The summed E-state index contributed by atoms with van der Waals surface area (Å²) in [5.41, 5.74) is 0.416. The summed E-state index contributed by atoms with van der Waals surface area (Å²) in [6.07, 6.45) is 3.12. The Morgan fingerprint density at radius 3 is 2.88 bits per heavy atom. The summed E-state index contributed by atoms with van der Waals surface area (Å²) in [7, 11) is 1.76. The fraction of sp³-hybridized carbons (Fsp3) is 0.500. The normalized spacial score (nSPS) is 15.9. The van der Waals surface area contributed by atoms with Gasteiger partial charge in [0.25, 0.3) is 5.91 Å². The predicted octanol–water partition coefficient (Wildman–Crippen LogP) is 0.707. The van der Waals surface area contributed by atoms with Crippen LogP contribution in [-0.2, 0) is 0 Å². The third-order valence-corrected chi connectivity index (χ3v) is 3.35. The van der Waals surface area contributed by atoms with E-state index in [1.807, 2.05) is 16.7 Å². The highest BCUT2D eigenvalue weighted by molar-refractivity contribution is 7.99. The van der Waals surface area contributed by atoms with Gasteiger partial charge >= 0.3 is 0 Å². The summed E-state index contributed by atoms with van der Waals surface area (Å²) in [5, 5.41) is 2.88. The first-order valence-corrected chi connectivity index (χ1v) is 6.33. The highest BCUT2D eigenvalue weighted by atomic mass is 32.2. The summed E-state index contributed by atoms with van der Waals surface area (Å²) >= 11 is 1.88. The molecule has 86 valence electrons. The zero-order valence-corrected chi connectivity index (χ0v) is 9.96. The molecule has 1 aliphatic rings. The summed E-state index contributed by atoms with van der Waals surface area (Å²) < 4.78 is 0. The Hall–Kier alpha value is -1.30. The minimum Gasteiger partial charge on any atom is -0.372 e. The van der Waals surface area contributed by atoms with E-state index in [2.05, 4.69) is 15.3 Å². The lowest BCUT2D eigenvalue weighted by molar-refractivity contribution is 0.0766. The van der Waals surface area contributed by atoms with E-state index in [4.69, 9.17) is 0 Å². The van der Waals surface area contributed by atoms with Crippen molar-refractivity contribution in [3.05, 3.63) is 18.1 Å². The number of thioether (sulfide) groups is 1. The van der Waals surface area contributed by atoms with Gasteiger partial charge in [0, 0.05) is 31.6 Å². The molecule has 0 bridgehead atoms. The van der Waals surface area contributed by atoms with E-state index >= 15 is 0 Å². The highest BCUT2D eigenvalue weighted by Gasteiger charge is 2.19. The Morgan fingerprint density at radius 1 is 1.44 bits per heavy atom. The van der Waals surface area contributed by atoms with Gasteiger partial charge in [0.1, 0.15) is 11.5 Å². The van der Waals surface area contributed by atoms with E-state index in [0.29, 0.717) is 11.5 Å². The van der Waals surface area contributed by atoms with Crippen LogP contribution in [0.25, 0.3) is 0 Å². The van der Waals surface area contributed by atoms with Crippen LogP contribution in [-0.4, -0.2) is 52.4 Å². The molecule has 1 fully saturated rings. The number of aromatic nitrogens is 2. The molecule has 16 heavy (non-hydrogen) atoms. The van der Waals surface area contributed by atoms with E-state index in [9.17, 15) is 4.79 Å². The molecule has 6 heteroatoms. The third kappa shape index (κ3) is 2.44. The number of hydrogen-bond donors (Lipinski definition) is 1. The highest BCUT2D eigenvalue weighted by Crippen LogP contribution is 2.12. The van der Waals surface area contributed by atoms with E-state index in [1.54, 1.807) is 13.2 Å². The lowest BCUT2D eigenvalue weighted by Crippen LogP contribution is -2.38. The summed E-state index contributed by atoms with van der Waals surface area (Å²) in [5.74, 6) is 2.61. The van der Waals surface area contributed by atoms with E-state index < -0.39 is 0 Å². The average molecular weight is 238 g/mol. The summed E-state index contributed by atoms with van der Waals surface area (Å²) in [6, 6.07) is 0. The topological polar surface area (TPSA) is 58.1 Å². The molecular weight excluding hydrogens is 224 g/mol. The molecule has 1 aromatic rings. The minimum absolute atomic E-state index is 0.0232. The Labute approximate surface area is 98.6 Å². The van der Waals surface area contributed by atoms with Crippen LogP contribution < -0.4 is 5.32 Å². The van der Waals surface area contributed by atoms with Crippen molar-refractivity contribution in [3.8, 4) is 0 Å². The first-order chi connectivity index (χ1) is 7.81. The molecule has 1 amide bonds. The van der Waals surface area contributed by atoms with Crippen LogP contribution in [0.1, 0.15) is 10.5 Å². The quantitative estimate of drug-likeness (QED) is 0.822. The van der Waals surface area contributed by atoms with Crippen LogP contribution >= 0.6 is 11.8 Å². The molecule has 1 aromatic heterocycles. The van der Waals surface area contributed by atoms with Gasteiger partial charge in [0.2, 0.25) is 0 Å². The van der Waals surface area contributed by atoms with Crippen LogP contribution in [0.4, 0.5) is 5.82 Å². The molecule has 1 aliphatic heterocycles. The number of nitrogens with zero attached hydrogens (tertiary/aromatic N) is 3. The summed E-state index contributed by atoms with van der Waals surface area (Å²) in [6.45, 7) is 1.60. The van der Waals surface area contributed by atoms with Crippen molar-refractivity contribution in [1.29, 1.82) is 0 Å². The summed E-state index contributed by atoms with van der Waals surface area (Å²) in [4.78, 5) is 22.1. The van der Waals surface area contributed by atoms with Gasteiger partial charge in [0.05, 0.1) is 12.4 Å². The molecule has 0 aliphatic carbocycles. The third-order valence-electron chi connectivity index (χ3n) is 2.41. The molecule has 2 heterocycles. The molecule has 0 aromatic carbocycles. The van der Waals surface area contributed by atoms with Crippen molar-refractivity contribution in [2.75, 3.05) is 37.0 Å². The van der Waals surface area contributed by atoms with Gasteiger partial charge in [-0.3, -0.25) is 9.78 Å². The Bertz CT molecular complexity index is 379. The van der Waals surface area contributed by atoms with Crippen LogP contribution in [0, 0.1) is 0 Å². The molecule has 0 spiro atoms. The fourth-order valence-electron chi connectivity index (χ4n) is 1.52. The van der Waals surface area contributed by atoms with Crippen molar-refractivity contribution in [2.24, 2.45) is 0 Å². The first-order valence-electron chi connectivity index (χ1n) is 5.18. The second kappa shape index (κ2) is 5.16. The van der Waals surface area contributed by atoms with Crippen molar-refractivity contribution in [3.63, 3.8) is 0 Å². The minimum atomic E-state index is -0.0232. The van der Waals surface area contributed by atoms with Crippen molar-refractivity contribution in [2.45, 2.75) is 0 Å². The van der Waals surface area contributed by atoms with Gasteiger partial charge < -0.3 is 10.2 Å². The zero-order chi connectivity index (χ0) is 11.4. The van der Waals surface area contributed by atoms with Crippen LogP contribution in [0.3, 0.4) is 0 Å². The number of anilines is 1. The zero-order valence-electron chi connectivity index (χ0n) is 9.14. The molecule has 0 atom stereocenters. The van der Waals surface area contributed by atoms with Crippen molar-refractivity contribution in [1.82, 2.24) is 14.9 Å². The SMILES string of the molecule is CNc1cncc(C(=O)N2CCSCC2)n1. The predicted molar refractivity (Wildman–Crippen MR) is 64.8 cm³/mol. The van der Waals surface area contributed by atoms with Gasteiger partial charge in [-0.15, -0.1) is 0 Å². The smallest absolute Gasteiger partial charge is 0.274 e. The number of rotatable bonds is 2. The molecule has 5 nitrogen and oxygen atoms in total. The van der Waals surface area contributed by atoms with E-state index in [1.165, 1.54) is 6.20 Å². The van der Waals surface area contributed by atoms with E-state index in [0.717, 1.165) is 24.6 Å². The maximum atomic E-state index is 12.1. The fourth-order valence-corrected chi connectivity index (χ4v) is 2.42. The largest absolute Gasteiger partial charge is 0.372 e. The number of carbonyl (C=O) groups excluding carboxylic acids is 1. The second-order valence-corrected chi connectivity index (χ2v) is 4.67. The molecule has 1 N–H and O–H groups in total. The molecule has 0 unspecified atom stereocenters. The average Bonchev–Trinajstić information content (AvgIpc) is 2.39. The second-order valence-electron chi connectivity index (χ2n) is 3.44. The number of amides is 1. The maximum Gasteiger partial charge on any atom is 0.274 e. The van der Waals surface area contributed by atoms with E-state index in [-0.39, 0.29) is 5.91 Å². The lowest BCUT2D eigenvalue weighted by atomic mass is 10.3. The van der Waals surface area contributed by atoms with Crippen LogP contribution in [0.15, 0.2) is 12.4 Å². The lowest BCUT2D eigenvalue weighted by Gasteiger charge is -2.25. The van der Waals surface area contributed by atoms with Gasteiger partial charge in [-0.2, -0.15) is 11.8 Å². The van der Waals surface area contributed by atoms with Crippen molar-refractivity contribution >= 4 is 23.5 Å². The Kier molecular flexibility index (Phi) is 3.61. The number of nitrogens with one attached hydrogen (secondary N) is 1. The standard InChI is InChI=1S/C10H14N4OS/c1-11-9-7-12-6-8(13-9)10(15)14-2-4-16-5-3-14/h6-7H,2-5H2,1H3,(H,11,13). The maximum absolute atomic E-state index is 12.1. The first kappa shape index (κ1) is 11.2. The Balaban J connectivity index is 2.12. The molecule has 0 saturated carbocycles. The van der Waals surface area contributed by atoms with Gasteiger partial charge in [-0.05, 0) is 0 Å². The number of carbonyl (C=O) groups is 1. The molecule has 0 radical (unpaired) electrons. The monoisotopic (exact) mass is 238 g/mol. The van der Waals surface area contributed by atoms with Gasteiger partial charge in [-0.1, -0.05) is 0 Å². The van der Waals surface area contributed by atoms with Gasteiger partial charge in [-0.25, -0.2) is 4.98 Å². The number of hydrogen-bond acceptors (Lipinski definition) is 5. The van der Waals surface area contributed by atoms with Gasteiger partial charge in [0.15, 0.2) is 0 Å². The Morgan fingerprint density at radius 2 is 2.19 bits per heavy atom. The van der Waals surface area contributed by atoms with Crippen LogP contribution in [0.5, 0.6) is 0 Å². The van der Waals surface area contributed by atoms with Crippen molar-refractivity contribution < 1.29 is 4.79 Å². The molecule has 1 saturated heterocycles.